The van der Waals surface area contributed by atoms with E-state index in [4.69, 9.17) is 14.2 Å². The van der Waals surface area contributed by atoms with E-state index in [9.17, 15) is 18.0 Å². The third-order valence-corrected chi connectivity index (χ3v) is 6.34. The number of rotatable bonds is 5. The average molecular weight is 496 g/mol. The molecule has 3 heterocycles. The lowest BCUT2D eigenvalue weighted by Crippen LogP contribution is -2.30. The fourth-order valence-corrected chi connectivity index (χ4v) is 4.49. The first-order valence-electron chi connectivity index (χ1n) is 11.9. The number of ether oxygens (including phenoxy) is 3. The maximum absolute atomic E-state index is 13.4. The Labute approximate surface area is 202 Å². The van der Waals surface area contributed by atoms with Gasteiger partial charge in [0.05, 0.1) is 37.0 Å². The Morgan fingerprint density at radius 1 is 1.17 bits per heavy atom. The maximum atomic E-state index is 13.4. The summed E-state index contributed by atoms with van der Waals surface area (Å²) in [6.45, 7) is 8.14. The van der Waals surface area contributed by atoms with Crippen LogP contribution in [-0.4, -0.2) is 47.3 Å². The molecule has 7 nitrogen and oxygen atoms in total. The number of hydrogen-bond donors (Lipinski definition) is 0. The SMILES string of the molecule is Cn1c(C(C)(C)C)c/c(=N\C(=O)c2cc(C(F)(F)F)ccc2O[C@H]2CCOC2)n1C[C@H]1CCCO1. The predicted octanol–water partition coefficient (Wildman–Crippen LogP) is 4.23. The molecule has 2 aliphatic rings. The van der Waals surface area contributed by atoms with E-state index in [-0.39, 0.29) is 28.9 Å². The van der Waals surface area contributed by atoms with Crippen LogP contribution in [0, 0.1) is 0 Å². The number of aromatic nitrogens is 2. The van der Waals surface area contributed by atoms with Crippen molar-refractivity contribution in [2.24, 2.45) is 12.0 Å². The Bertz CT molecular complexity index is 1130. The zero-order valence-electron chi connectivity index (χ0n) is 20.5. The summed E-state index contributed by atoms with van der Waals surface area (Å²) in [4.78, 5) is 17.6. The molecular formula is C25H32F3N3O4. The second-order valence-corrected chi connectivity index (χ2v) is 10.1. The van der Waals surface area contributed by atoms with Crippen LogP contribution in [0.2, 0.25) is 0 Å². The van der Waals surface area contributed by atoms with Crippen LogP contribution < -0.4 is 10.2 Å². The molecule has 2 atom stereocenters. The van der Waals surface area contributed by atoms with E-state index < -0.39 is 17.6 Å². The van der Waals surface area contributed by atoms with Gasteiger partial charge in [-0.1, -0.05) is 20.8 Å². The molecular weight excluding hydrogens is 463 g/mol. The Kier molecular flexibility index (Phi) is 7.15. The molecule has 0 aliphatic carbocycles. The van der Waals surface area contributed by atoms with Crippen LogP contribution in [0.3, 0.4) is 0 Å². The van der Waals surface area contributed by atoms with Gasteiger partial charge in [-0.3, -0.25) is 14.2 Å². The smallest absolute Gasteiger partial charge is 0.416 e. The fraction of sp³-hybridized carbons (Fsp3) is 0.600. The molecule has 0 saturated carbocycles. The van der Waals surface area contributed by atoms with Gasteiger partial charge in [0.15, 0.2) is 5.49 Å². The van der Waals surface area contributed by atoms with Crippen molar-refractivity contribution < 1.29 is 32.2 Å². The average Bonchev–Trinajstić information content (AvgIpc) is 3.52. The van der Waals surface area contributed by atoms with Crippen molar-refractivity contribution in [3.8, 4) is 5.75 Å². The molecule has 1 aromatic heterocycles. The Morgan fingerprint density at radius 2 is 1.94 bits per heavy atom. The van der Waals surface area contributed by atoms with Crippen molar-refractivity contribution in [1.82, 2.24) is 9.36 Å². The number of halogens is 3. The number of carbonyl (C=O) groups excluding carboxylic acids is 1. The molecule has 2 aliphatic heterocycles. The molecule has 0 unspecified atom stereocenters. The molecule has 2 saturated heterocycles. The number of hydrogen-bond acceptors (Lipinski definition) is 4. The molecule has 1 aromatic carbocycles. The lowest BCUT2D eigenvalue weighted by Gasteiger charge is -2.21. The fourth-order valence-electron chi connectivity index (χ4n) is 4.49. The van der Waals surface area contributed by atoms with Gasteiger partial charge in [0.25, 0.3) is 5.91 Å². The van der Waals surface area contributed by atoms with Crippen molar-refractivity contribution in [1.29, 1.82) is 0 Å². The van der Waals surface area contributed by atoms with Crippen LogP contribution in [0.4, 0.5) is 13.2 Å². The van der Waals surface area contributed by atoms with Gasteiger partial charge < -0.3 is 14.2 Å². The van der Waals surface area contributed by atoms with Gasteiger partial charge >= 0.3 is 6.18 Å². The zero-order chi connectivity index (χ0) is 25.4. The molecule has 192 valence electrons. The monoisotopic (exact) mass is 495 g/mol. The molecule has 10 heteroatoms. The number of amides is 1. The number of alkyl halides is 3. The first-order valence-corrected chi connectivity index (χ1v) is 11.9. The largest absolute Gasteiger partial charge is 0.487 e. The van der Waals surface area contributed by atoms with Gasteiger partial charge in [0, 0.05) is 37.3 Å². The second-order valence-electron chi connectivity index (χ2n) is 10.1. The van der Waals surface area contributed by atoms with E-state index in [1.165, 1.54) is 6.07 Å². The maximum Gasteiger partial charge on any atom is 0.416 e. The summed E-state index contributed by atoms with van der Waals surface area (Å²) in [6, 6.07) is 4.73. The molecule has 0 bridgehead atoms. The van der Waals surface area contributed by atoms with Crippen LogP contribution in [0.5, 0.6) is 5.75 Å². The highest BCUT2D eigenvalue weighted by Crippen LogP contribution is 2.33. The Hall–Kier alpha value is -2.59. The number of benzene rings is 1. The summed E-state index contributed by atoms with van der Waals surface area (Å²) in [5.74, 6) is -0.725. The minimum absolute atomic E-state index is 0.0136. The Morgan fingerprint density at radius 3 is 2.54 bits per heavy atom. The molecule has 4 rings (SSSR count). The van der Waals surface area contributed by atoms with Gasteiger partial charge in [0.2, 0.25) is 0 Å². The lowest BCUT2D eigenvalue weighted by atomic mass is 9.92. The number of carbonyl (C=O) groups is 1. The second kappa shape index (κ2) is 9.81. The minimum Gasteiger partial charge on any atom is -0.487 e. The van der Waals surface area contributed by atoms with Crippen molar-refractivity contribution in [2.75, 3.05) is 19.8 Å². The zero-order valence-corrected chi connectivity index (χ0v) is 20.5. The van der Waals surface area contributed by atoms with Crippen LogP contribution >= 0.6 is 0 Å². The van der Waals surface area contributed by atoms with Gasteiger partial charge in [-0.15, -0.1) is 0 Å². The van der Waals surface area contributed by atoms with Gasteiger partial charge in [0.1, 0.15) is 11.9 Å². The van der Waals surface area contributed by atoms with Crippen molar-refractivity contribution in [3.63, 3.8) is 0 Å². The summed E-state index contributed by atoms with van der Waals surface area (Å²) in [7, 11) is 1.89. The van der Waals surface area contributed by atoms with E-state index >= 15 is 0 Å². The third kappa shape index (κ3) is 5.81. The molecule has 0 spiro atoms. The molecule has 0 radical (unpaired) electrons. The summed E-state index contributed by atoms with van der Waals surface area (Å²) < 4.78 is 61.1. The van der Waals surface area contributed by atoms with Crippen molar-refractivity contribution in [3.05, 3.63) is 46.6 Å². The van der Waals surface area contributed by atoms with Crippen LogP contribution in [-0.2, 0) is 34.7 Å². The lowest BCUT2D eigenvalue weighted by molar-refractivity contribution is -0.137. The van der Waals surface area contributed by atoms with E-state index in [1.54, 1.807) is 0 Å². The molecule has 35 heavy (non-hydrogen) atoms. The molecule has 2 aromatic rings. The Balaban J connectivity index is 1.78. The molecule has 1 amide bonds. The van der Waals surface area contributed by atoms with Crippen LogP contribution in [0.25, 0.3) is 0 Å². The topological polar surface area (TPSA) is 67.0 Å². The first kappa shape index (κ1) is 25.5. The quantitative estimate of drug-likeness (QED) is 0.623. The predicted molar refractivity (Wildman–Crippen MR) is 122 cm³/mol. The van der Waals surface area contributed by atoms with E-state index in [1.807, 2.05) is 43.2 Å². The van der Waals surface area contributed by atoms with Gasteiger partial charge in [-0.2, -0.15) is 18.2 Å². The van der Waals surface area contributed by atoms with Crippen molar-refractivity contribution >= 4 is 5.91 Å². The first-order chi connectivity index (χ1) is 16.4. The van der Waals surface area contributed by atoms with Gasteiger partial charge in [-0.05, 0) is 31.0 Å². The van der Waals surface area contributed by atoms with E-state index in [0.717, 1.165) is 30.7 Å². The normalized spacial score (nSPS) is 21.6. The van der Waals surface area contributed by atoms with Crippen LogP contribution in [0.1, 0.15) is 61.6 Å². The van der Waals surface area contributed by atoms with E-state index in [0.29, 0.717) is 38.3 Å². The standard InChI is InChI=1S/C25H32F3N3O4/c1-24(2,3)21-13-22(31(30(21)4)14-17-6-5-10-34-17)29-23(32)19-12-16(25(26,27)28)7-8-20(19)35-18-9-11-33-15-18/h7-8,12-13,17-18H,5-6,9-11,14-15H2,1-4H3/b29-22+/t17-,18+/m1/s1. The highest BCUT2D eigenvalue weighted by Gasteiger charge is 2.33. The van der Waals surface area contributed by atoms with Crippen LogP contribution in [0.15, 0.2) is 29.3 Å². The van der Waals surface area contributed by atoms with Gasteiger partial charge in [-0.25, -0.2) is 0 Å². The highest BCUT2D eigenvalue weighted by atomic mass is 19.4. The summed E-state index contributed by atoms with van der Waals surface area (Å²) in [5.41, 5.74) is -0.0916. The minimum atomic E-state index is -4.60. The summed E-state index contributed by atoms with van der Waals surface area (Å²) in [5, 5.41) is 0. The van der Waals surface area contributed by atoms with E-state index in [2.05, 4.69) is 4.99 Å². The molecule has 0 N–H and O–H groups in total. The number of nitrogens with zero attached hydrogens (tertiary/aromatic N) is 3. The molecule has 2 fully saturated rings. The van der Waals surface area contributed by atoms with Crippen molar-refractivity contribution in [2.45, 2.75) is 70.4 Å². The summed E-state index contributed by atoms with van der Waals surface area (Å²) >= 11 is 0. The highest BCUT2D eigenvalue weighted by molar-refractivity contribution is 5.97. The third-order valence-electron chi connectivity index (χ3n) is 6.34. The summed E-state index contributed by atoms with van der Waals surface area (Å²) in [6.07, 6.45) is -2.49.